The Balaban J connectivity index is 1.68. The van der Waals surface area contributed by atoms with Crippen molar-refractivity contribution < 1.29 is 19.1 Å². The first-order valence-electron chi connectivity index (χ1n) is 7.37. The molecule has 0 saturated carbocycles. The maximum atomic E-state index is 11.7. The summed E-state index contributed by atoms with van der Waals surface area (Å²) in [6, 6.07) is 10.6. The lowest BCUT2D eigenvalue weighted by molar-refractivity contribution is -0.127. The molecule has 0 spiro atoms. The van der Waals surface area contributed by atoms with Crippen LogP contribution in [0.1, 0.15) is 5.56 Å². The van der Waals surface area contributed by atoms with Gasteiger partial charge in [0.05, 0.1) is 13.7 Å². The molecule has 1 heterocycles. The molecule has 126 valence electrons. The number of hydrogen-bond acceptors (Lipinski definition) is 5. The number of methoxy groups -OCH3 is 1. The van der Waals surface area contributed by atoms with Crippen molar-refractivity contribution in [1.29, 1.82) is 0 Å². The Morgan fingerprint density at radius 3 is 2.42 bits per heavy atom. The molecule has 2 aromatic rings. The van der Waals surface area contributed by atoms with E-state index in [1.165, 1.54) is 7.11 Å². The van der Waals surface area contributed by atoms with E-state index in [1.54, 1.807) is 48.8 Å². The SMILES string of the molecule is COc1ccccc1OCC(=O)NCC(=O)NCc1ccncc1. The van der Waals surface area contributed by atoms with Crippen LogP contribution >= 0.6 is 0 Å². The summed E-state index contributed by atoms with van der Waals surface area (Å²) in [4.78, 5) is 27.3. The lowest BCUT2D eigenvalue weighted by Gasteiger charge is -2.10. The highest BCUT2D eigenvalue weighted by Crippen LogP contribution is 2.25. The normalized spacial score (nSPS) is 9.88. The van der Waals surface area contributed by atoms with Crippen molar-refractivity contribution in [2.75, 3.05) is 20.3 Å². The molecular formula is C17H19N3O4. The number of nitrogens with one attached hydrogen (secondary N) is 2. The largest absolute Gasteiger partial charge is 0.493 e. The first-order valence-corrected chi connectivity index (χ1v) is 7.37. The third kappa shape index (κ3) is 5.60. The van der Waals surface area contributed by atoms with Gasteiger partial charge < -0.3 is 20.1 Å². The van der Waals surface area contributed by atoms with E-state index in [2.05, 4.69) is 15.6 Å². The molecule has 2 amide bonds. The fourth-order valence-electron chi connectivity index (χ4n) is 1.88. The molecule has 0 bridgehead atoms. The summed E-state index contributed by atoms with van der Waals surface area (Å²) in [6.45, 7) is 0.0755. The number of benzene rings is 1. The molecule has 7 heteroatoms. The molecule has 0 aliphatic heterocycles. The molecule has 0 atom stereocenters. The van der Waals surface area contributed by atoms with E-state index in [0.29, 0.717) is 18.0 Å². The molecule has 0 fully saturated rings. The van der Waals surface area contributed by atoms with Crippen molar-refractivity contribution in [2.45, 2.75) is 6.54 Å². The second kappa shape index (κ2) is 9.14. The van der Waals surface area contributed by atoms with Crippen molar-refractivity contribution in [3.63, 3.8) is 0 Å². The second-order valence-corrected chi connectivity index (χ2v) is 4.85. The molecule has 2 rings (SSSR count). The van der Waals surface area contributed by atoms with Crippen molar-refractivity contribution in [3.8, 4) is 11.5 Å². The predicted octanol–water partition coefficient (Wildman–Crippen LogP) is 0.902. The Morgan fingerprint density at radius 1 is 1.00 bits per heavy atom. The number of amides is 2. The molecule has 0 saturated heterocycles. The third-order valence-electron chi connectivity index (χ3n) is 3.11. The Bertz CT molecular complexity index is 677. The molecule has 1 aromatic heterocycles. The van der Waals surface area contributed by atoms with E-state index >= 15 is 0 Å². The van der Waals surface area contributed by atoms with Crippen LogP contribution in [0.4, 0.5) is 0 Å². The van der Waals surface area contributed by atoms with Crippen molar-refractivity contribution in [3.05, 3.63) is 54.4 Å². The Hall–Kier alpha value is -3.09. The quantitative estimate of drug-likeness (QED) is 0.751. The number of carbonyl (C=O) groups is 2. The van der Waals surface area contributed by atoms with Crippen molar-refractivity contribution in [1.82, 2.24) is 15.6 Å². The molecule has 0 unspecified atom stereocenters. The number of nitrogens with zero attached hydrogens (tertiary/aromatic N) is 1. The molecule has 24 heavy (non-hydrogen) atoms. The molecule has 1 aromatic carbocycles. The zero-order valence-corrected chi connectivity index (χ0v) is 13.3. The van der Waals surface area contributed by atoms with Crippen LogP contribution in [0.3, 0.4) is 0 Å². The number of carbonyl (C=O) groups excluding carboxylic acids is 2. The molecule has 2 N–H and O–H groups in total. The standard InChI is InChI=1S/C17H19N3O4/c1-23-14-4-2-3-5-15(14)24-12-17(22)20-11-16(21)19-10-13-6-8-18-9-7-13/h2-9H,10-12H2,1H3,(H,19,21)(H,20,22). The highest BCUT2D eigenvalue weighted by Gasteiger charge is 2.08. The fourth-order valence-corrected chi connectivity index (χ4v) is 1.88. The average Bonchev–Trinajstić information content (AvgIpc) is 2.64. The van der Waals surface area contributed by atoms with Crippen LogP contribution in [0, 0.1) is 0 Å². The molecule has 0 aliphatic rings. The van der Waals surface area contributed by atoms with Gasteiger partial charge >= 0.3 is 0 Å². The average molecular weight is 329 g/mol. The van der Waals surface area contributed by atoms with Gasteiger partial charge in [-0.05, 0) is 29.8 Å². The second-order valence-electron chi connectivity index (χ2n) is 4.85. The van der Waals surface area contributed by atoms with E-state index < -0.39 is 0 Å². The van der Waals surface area contributed by atoms with Crippen LogP contribution < -0.4 is 20.1 Å². The van der Waals surface area contributed by atoms with Crippen LogP contribution in [0.5, 0.6) is 11.5 Å². The number of aromatic nitrogens is 1. The number of para-hydroxylation sites is 2. The van der Waals surface area contributed by atoms with Crippen LogP contribution in [0.25, 0.3) is 0 Å². The number of ether oxygens (including phenoxy) is 2. The summed E-state index contributed by atoms with van der Waals surface area (Å²) < 4.78 is 10.5. The number of rotatable bonds is 8. The van der Waals surface area contributed by atoms with E-state index in [9.17, 15) is 9.59 Å². The van der Waals surface area contributed by atoms with E-state index in [1.807, 2.05) is 0 Å². The number of hydrogen-bond donors (Lipinski definition) is 2. The zero-order chi connectivity index (χ0) is 17.2. The van der Waals surface area contributed by atoms with Crippen LogP contribution in [-0.2, 0) is 16.1 Å². The van der Waals surface area contributed by atoms with Gasteiger partial charge in [0, 0.05) is 18.9 Å². The Labute approximate surface area is 140 Å². The number of pyridine rings is 1. The van der Waals surface area contributed by atoms with Gasteiger partial charge in [-0.3, -0.25) is 14.6 Å². The van der Waals surface area contributed by atoms with Gasteiger partial charge in [0.15, 0.2) is 18.1 Å². The maximum Gasteiger partial charge on any atom is 0.258 e. The lowest BCUT2D eigenvalue weighted by Crippen LogP contribution is -2.38. The minimum atomic E-state index is -0.389. The molecule has 0 radical (unpaired) electrons. The summed E-state index contributed by atoms with van der Waals surface area (Å²) >= 11 is 0. The minimum absolute atomic E-state index is 0.112. The van der Waals surface area contributed by atoms with Crippen molar-refractivity contribution in [2.24, 2.45) is 0 Å². The van der Waals surface area contributed by atoms with Gasteiger partial charge in [0.2, 0.25) is 5.91 Å². The van der Waals surface area contributed by atoms with Crippen LogP contribution in [0.2, 0.25) is 0 Å². The first kappa shape index (κ1) is 17.3. The summed E-state index contributed by atoms with van der Waals surface area (Å²) in [6.07, 6.45) is 3.30. The van der Waals surface area contributed by atoms with Gasteiger partial charge in [0.25, 0.3) is 5.91 Å². The molecule has 7 nitrogen and oxygen atoms in total. The van der Waals surface area contributed by atoms with Gasteiger partial charge in [-0.15, -0.1) is 0 Å². The van der Waals surface area contributed by atoms with E-state index in [4.69, 9.17) is 9.47 Å². The highest BCUT2D eigenvalue weighted by molar-refractivity contribution is 5.85. The highest BCUT2D eigenvalue weighted by atomic mass is 16.5. The van der Waals surface area contributed by atoms with Crippen molar-refractivity contribution >= 4 is 11.8 Å². The first-order chi connectivity index (χ1) is 11.7. The lowest BCUT2D eigenvalue weighted by atomic mass is 10.3. The fraction of sp³-hybridized carbons (Fsp3) is 0.235. The predicted molar refractivity (Wildman–Crippen MR) is 87.6 cm³/mol. The van der Waals surface area contributed by atoms with Crippen LogP contribution in [-0.4, -0.2) is 37.1 Å². The van der Waals surface area contributed by atoms with Gasteiger partial charge in [0.1, 0.15) is 0 Å². The van der Waals surface area contributed by atoms with Gasteiger partial charge in [-0.25, -0.2) is 0 Å². The summed E-state index contributed by atoms with van der Waals surface area (Å²) in [5, 5.41) is 5.20. The topological polar surface area (TPSA) is 89.5 Å². The third-order valence-corrected chi connectivity index (χ3v) is 3.11. The smallest absolute Gasteiger partial charge is 0.258 e. The Kier molecular flexibility index (Phi) is 6.58. The summed E-state index contributed by atoms with van der Waals surface area (Å²) in [5.74, 6) is 0.343. The molecule has 0 aliphatic carbocycles. The van der Waals surface area contributed by atoms with E-state index in [-0.39, 0.29) is 25.0 Å². The summed E-state index contributed by atoms with van der Waals surface area (Å²) in [5.41, 5.74) is 0.934. The maximum absolute atomic E-state index is 11.7. The Morgan fingerprint density at radius 2 is 1.71 bits per heavy atom. The van der Waals surface area contributed by atoms with Gasteiger partial charge in [-0.1, -0.05) is 12.1 Å². The summed E-state index contributed by atoms with van der Waals surface area (Å²) in [7, 11) is 1.52. The minimum Gasteiger partial charge on any atom is -0.493 e. The van der Waals surface area contributed by atoms with E-state index in [0.717, 1.165) is 5.56 Å². The van der Waals surface area contributed by atoms with Crippen LogP contribution in [0.15, 0.2) is 48.8 Å². The van der Waals surface area contributed by atoms with Gasteiger partial charge in [-0.2, -0.15) is 0 Å². The monoisotopic (exact) mass is 329 g/mol. The zero-order valence-electron chi connectivity index (χ0n) is 13.3. The molecular weight excluding hydrogens is 310 g/mol.